The van der Waals surface area contributed by atoms with Crippen LogP contribution in [0.15, 0.2) is 60.9 Å². The molecule has 0 bridgehead atoms. The number of aryl methyl sites for hydroxylation is 1. The van der Waals surface area contributed by atoms with Gasteiger partial charge in [-0.1, -0.05) is 42.5 Å². The van der Waals surface area contributed by atoms with Crippen molar-refractivity contribution in [1.82, 2.24) is 9.55 Å². The van der Waals surface area contributed by atoms with Crippen LogP contribution in [0.25, 0.3) is 0 Å². The lowest BCUT2D eigenvalue weighted by Crippen LogP contribution is -2.05. The Kier molecular flexibility index (Phi) is 3.73. The van der Waals surface area contributed by atoms with Crippen molar-refractivity contribution < 1.29 is 0 Å². The van der Waals surface area contributed by atoms with Gasteiger partial charge in [0.05, 0.1) is 6.54 Å². The Balaban J connectivity index is 1.84. The van der Waals surface area contributed by atoms with Crippen molar-refractivity contribution in [2.75, 3.05) is 5.32 Å². The molecule has 0 aliphatic heterocycles. The van der Waals surface area contributed by atoms with Crippen LogP contribution in [-0.4, -0.2) is 9.55 Å². The first-order valence-corrected chi connectivity index (χ1v) is 7.12. The van der Waals surface area contributed by atoms with Crippen molar-refractivity contribution in [2.45, 2.75) is 20.4 Å². The van der Waals surface area contributed by atoms with Gasteiger partial charge in [0.1, 0.15) is 0 Å². The Hall–Kier alpha value is -2.55. The molecule has 1 aromatic heterocycles. The normalized spacial score (nSPS) is 10.6. The fraction of sp³-hybridized carbons (Fsp3) is 0.167. The SMILES string of the molecule is Cc1cccc(Nc2nccn2Cc2ccccc2)c1C. The van der Waals surface area contributed by atoms with Crippen LogP contribution in [0.3, 0.4) is 0 Å². The van der Waals surface area contributed by atoms with Crippen LogP contribution in [0.1, 0.15) is 16.7 Å². The zero-order chi connectivity index (χ0) is 14.7. The molecule has 3 heteroatoms. The van der Waals surface area contributed by atoms with Crippen molar-refractivity contribution in [3.05, 3.63) is 77.6 Å². The molecule has 0 spiro atoms. The highest BCUT2D eigenvalue weighted by Gasteiger charge is 2.06. The first kappa shape index (κ1) is 13.4. The number of rotatable bonds is 4. The van der Waals surface area contributed by atoms with Gasteiger partial charge in [-0.05, 0) is 36.6 Å². The minimum absolute atomic E-state index is 0.814. The molecule has 0 radical (unpaired) electrons. The molecule has 2 aromatic carbocycles. The van der Waals surface area contributed by atoms with E-state index in [-0.39, 0.29) is 0 Å². The molecule has 0 saturated heterocycles. The van der Waals surface area contributed by atoms with Crippen LogP contribution in [0.4, 0.5) is 11.6 Å². The number of nitrogens with zero attached hydrogens (tertiary/aromatic N) is 2. The summed E-state index contributed by atoms with van der Waals surface area (Å²) in [5.41, 5.74) is 4.91. The molecule has 21 heavy (non-hydrogen) atoms. The second kappa shape index (κ2) is 5.83. The quantitative estimate of drug-likeness (QED) is 0.771. The molecule has 3 nitrogen and oxygen atoms in total. The van der Waals surface area contributed by atoms with E-state index in [1.807, 2.05) is 18.5 Å². The Bertz CT molecular complexity index is 729. The lowest BCUT2D eigenvalue weighted by atomic mass is 10.1. The topological polar surface area (TPSA) is 29.9 Å². The van der Waals surface area contributed by atoms with Crippen LogP contribution in [-0.2, 0) is 6.54 Å². The second-order valence-corrected chi connectivity index (χ2v) is 5.24. The minimum Gasteiger partial charge on any atom is -0.325 e. The van der Waals surface area contributed by atoms with Gasteiger partial charge in [0, 0.05) is 18.1 Å². The van der Waals surface area contributed by atoms with Gasteiger partial charge in [-0.25, -0.2) is 4.98 Å². The summed E-state index contributed by atoms with van der Waals surface area (Å²) >= 11 is 0. The molecule has 0 aliphatic rings. The average Bonchev–Trinajstić information content (AvgIpc) is 2.92. The Morgan fingerprint density at radius 3 is 2.62 bits per heavy atom. The third kappa shape index (κ3) is 2.97. The number of aromatic nitrogens is 2. The van der Waals surface area contributed by atoms with Gasteiger partial charge in [-0.3, -0.25) is 0 Å². The molecule has 3 rings (SSSR count). The third-order valence-electron chi connectivity index (χ3n) is 3.76. The summed E-state index contributed by atoms with van der Waals surface area (Å²) < 4.78 is 2.12. The van der Waals surface area contributed by atoms with Gasteiger partial charge in [0.25, 0.3) is 0 Å². The zero-order valence-corrected chi connectivity index (χ0v) is 12.4. The standard InChI is InChI=1S/C18H19N3/c1-14-7-6-10-17(15(14)2)20-18-19-11-12-21(18)13-16-8-4-3-5-9-16/h3-12H,13H2,1-2H3,(H,19,20). The van der Waals surface area contributed by atoms with E-state index >= 15 is 0 Å². The number of anilines is 2. The number of benzene rings is 2. The molecule has 0 aliphatic carbocycles. The van der Waals surface area contributed by atoms with E-state index < -0.39 is 0 Å². The highest BCUT2D eigenvalue weighted by atomic mass is 15.2. The first-order chi connectivity index (χ1) is 10.2. The lowest BCUT2D eigenvalue weighted by molar-refractivity contribution is 0.807. The van der Waals surface area contributed by atoms with Crippen molar-refractivity contribution in [3.8, 4) is 0 Å². The van der Waals surface area contributed by atoms with E-state index in [1.54, 1.807) is 0 Å². The van der Waals surface area contributed by atoms with Crippen molar-refractivity contribution in [1.29, 1.82) is 0 Å². The molecule has 0 amide bonds. The van der Waals surface area contributed by atoms with Crippen molar-refractivity contribution in [3.63, 3.8) is 0 Å². The summed E-state index contributed by atoms with van der Waals surface area (Å²) in [5, 5.41) is 3.43. The Labute approximate surface area is 125 Å². The highest BCUT2D eigenvalue weighted by molar-refractivity contribution is 5.60. The zero-order valence-electron chi connectivity index (χ0n) is 12.4. The van der Waals surface area contributed by atoms with E-state index in [2.05, 4.69) is 71.2 Å². The first-order valence-electron chi connectivity index (χ1n) is 7.12. The summed E-state index contributed by atoms with van der Waals surface area (Å²) in [6.45, 7) is 5.06. The van der Waals surface area contributed by atoms with E-state index in [9.17, 15) is 0 Å². The second-order valence-electron chi connectivity index (χ2n) is 5.24. The molecule has 0 unspecified atom stereocenters. The van der Waals surface area contributed by atoms with Crippen molar-refractivity contribution >= 4 is 11.6 Å². The average molecular weight is 277 g/mol. The number of hydrogen-bond acceptors (Lipinski definition) is 2. The molecule has 3 aromatic rings. The molecule has 1 N–H and O–H groups in total. The fourth-order valence-electron chi connectivity index (χ4n) is 2.35. The van der Waals surface area contributed by atoms with E-state index in [0.29, 0.717) is 0 Å². The Morgan fingerprint density at radius 2 is 1.81 bits per heavy atom. The number of imidazole rings is 1. The van der Waals surface area contributed by atoms with Crippen molar-refractivity contribution in [2.24, 2.45) is 0 Å². The van der Waals surface area contributed by atoms with Crippen LogP contribution in [0.2, 0.25) is 0 Å². The third-order valence-corrected chi connectivity index (χ3v) is 3.76. The smallest absolute Gasteiger partial charge is 0.207 e. The van der Waals surface area contributed by atoms with Gasteiger partial charge in [0.15, 0.2) is 0 Å². The molecule has 1 heterocycles. The van der Waals surface area contributed by atoms with Crippen LogP contribution in [0, 0.1) is 13.8 Å². The lowest BCUT2D eigenvalue weighted by Gasteiger charge is -2.13. The van der Waals surface area contributed by atoms with Crippen LogP contribution >= 0.6 is 0 Å². The van der Waals surface area contributed by atoms with Gasteiger partial charge in [0.2, 0.25) is 5.95 Å². The van der Waals surface area contributed by atoms with Gasteiger partial charge in [-0.15, -0.1) is 0 Å². The summed E-state index contributed by atoms with van der Waals surface area (Å²) in [6, 6.07) is 16.7. The maximum absolute atomic E-state index is 4.43. The highest BCUT2D eigenvalue weighted by Crippen LogP contribution is 2.22. The molecular weight excluding hydrogens is 258 g/mol. The minimum atomic E-state index is 0.814. The number of hydrogen-bond donors (Lipinski definition) is 1. The monoisotopic (exact) mass is 277 g/mol. The summed E-state index contributed by atoms with van der Waals surface area (Å²) in [5.74, 6) is 0.868. The van der Waals surface area contributed by atoms with Gasteiger partial charge >= 0.3 is 0 Å². The van der Waals surface area contributed by atoms with E-state index in [1.165, 1.54) is 16.7 Å². The van der Waals surface area contributed by atoms with Crippen LogP contribution < -0.4 is 5.32 Å². The summed E-state index contributed by atoms with van der Waals surface area (Å²) in [4.78, 5) is 4.43. The predicted molar refractivity (Wildman–Crippen MR) is 87.0 cm³/mol. The molecule has 0 atom stereocenters. The molecule has 0 fully saturated rings. The molecule has 106 valence electrons. The van der Waals surface area contributed by atoms with Gasteiger partial charge in [-0.2, -0.15) is 0 Å². The van der Waals surface area contributed by atoms with Crippen LogP contribution in [0.5, 0.6) is 0 Å². The molecular formula is C18H19N3. The predicted octanol–water partition coefficient (Wildman–Crippen LogP) is 4.29. The largest absolute Gasteiger partial charge is 0.325 e. The maximum Gasteiger partial charge on any atom is 0.207 e. The van der Waals surface area contributed by atoms with E-state index in [0.717, 1.165) is 18.2 Å². The maximum atomic E-state index is 4.43. The fourth-order valence-corrected chi connectivity index (χ4v) is 2.35. The Morgan fingerprint density at radius 1 is 1.00 bits per heavy atom. The summed E-state index contributed by atoms with van der Waals surface area (Å²) in [6.07, 6.45) is 3.83. The van der Waals surface area contributed by atoms with E-state index in [4.69, 9.17) is 0 Å². The summed E-state index contributed by atoms with van der Waals surface area (Å²) in [7, 11) is 0. The number of nitrogens with one attached hydrogen (secondary N) is 1. The van der Waals surface area contributed by atoms with Gasteiger partial charge < -0.3 is 9.88 Å². The molecule has 0 saturated carbocycles.